The molecule has 0 aliphatic carbocycles. The van der Waals surface area contributed by atoms with Gasteiger partial charge in [0.2, 0.25) is 5.91 Å². The van der Waals surface area contributed by atoms with Gasteiger partial charge in [-0.15, -0.1) is 0 Å². The molecule has 2 aliphatic heterocycles. The average Bonchev–Trinajstić information content (AvgIpc) is 2.94. The number of pyridine rings is 1. The van der Waals surface area contributed by atoms with Crippen LogP contribution in [0.4, 0.5) is 4.39 Å². The van der Waals surface area contributed by atoms with Gasteiger partial charge in [0.05, 0.1) is 11.1 Å². The number of carbonyl (C=O) groups is 2. The maximum absolute atomic E-state index is 14.6. The van der Waals surface area contributed by atoms with E-state index in [1.165, 1.54) is 24.5 Å². The highest BCUT2D eigenvalue weighted by Gasteiger charge is 2.34. The SMILES string of the molecule is C=CC(=O)N1CCN(C[C@@H](Oc2cnc(C(=O)NC3=NC=C(S(C)(=O)=O)CC3(C)C)c(C)c2)c2ccc(C)c(F)c2)C[C@H]1C. The number of hydrogen-bond donors (Lipinski definition) is 1. The van der Waals surface area contributed by atoms with Crippen LogP contribution in [0.1, 0.15) is 60.5 Å². The molecule has 0 unspecified atom stereocenters. The minimum Gasteiger partial charge on any atom is -0.483 e. The van der Waals surface area contributed by atoms with Crippen molar-refractivity contribution in [3.63, 3.8) is 0 Å². The molecule has 2 aromatic rings. The fourth-order valence-electron chi connectivity index (χ4n) is 5.38. The molecule has 44 heavy (non-hydrogen) atoms. The predicted molar refractivity (Wildman–Crippen MR) is 168 cm³/mol. The summed E-state index contributed by atoms with van der Waals surface area (Å²) in [7, 11) is -3.39. The van der Waals surface area contributed by atoms with Crippen LogP contribution >= 0.6 is 0 Å². The molecule has 10 nitrogen and oxygen atoms in total. The van der Waals surface area contributed by atoms with Crippen LogP contribution in [-0.4, -0.2) is 79.3 Å². The summed E-state index contributed by atoms with van der Waals surface area (Å²) in [5.74, 6) is -0.156. The Morgan fingerprint density at radius 1 is 1.23 bits per heavy atom. The number of amides is 2. The maximum atomic E-state index is 14.6. The number of hydrogen-bond acceptors (Lipinski definition) is 8. The van der Waals surface area contributed by atoms with Crippen LogP contribution in [0.2, 0.25) is 0 Å². The number of piperazine rings is 1. The van der Waals surface area contributed by atoms with Crippen molar-refractivity contribution in [2.24, 2.45) is 10.4 Å². The van der Waals surface area contributed by atoms with Crippen molar-refractivity contribution in [1.29, 1.82) is 0 Å². The van der Waals surface area contributed by atoms with Crippen molar-refractivity contribution in [2.75, 3.05) is 32.4 Å². The first-order chi connectivity index (χ1) is 20.6. The molecule has 0 radical (unpaired) electrons. The fourth-order valence-corrected chi connectivity index (χ4v) is 6.25. The lowest BCUT2D eigenvalue weighted by Crippen LogP contribution is -2.54. The largest absolute Gasteiger partial charge is 0.483 e. The Kier molecular flexibility index (Phi) is 9.74. The van der Waals surface area contributed by atoms with Crippen LogP contribution in [-0.2, 0) is 14.6 Å². The van der Waals surface area contributed by atoms with E-state index in [0.29, 0.717) is 54.5 Å². The molecule has 2 aliphatic rings. The molecule has 12 heteroatoms. The van der Waals surface area contributed by atoms with Gasteiger partial charge < -0.3 is 15.0 Å². The molecule has 0 saturated carbocycles. The molecule has 236 valence electrons. The van der Waals surface area contributed by atoms with E-state index in [4.69, 9.17) is 4.74 Å². The van der Waals surface area contributed by atoms with Crippen molar-refractivity contribution < 1.29 is 27.1 Å². The number of amidine groups is 1. The van der Waals surface area contributed by atoms with Crippen molar-refractivity contribution >= 4 is 27.5 Å². The minimum absolute atomic E-state index is 0.0291. The second-order valence-electron chi connectivity index (χ2n) is 12.2. The van der Waals surface area contributed by atoms with Crippen LogP contribution < -0.4 is 10.1 Å². The zero-order valence-electron chi connectivity index (χ0n) is 26.1. The van der Waals surface area contributed by atoms with Gasteiger partial charge in [0.25, 0.3) is 5.91 Å². The van der Waals surface area contributed by atoms with Gasteiger partial charge in [-0.05, 0) is 62.1 Å². The van der Waals surface area contributed by atoms with E-state index in [1.807, 2.05) is 26.8 Å². The molecule has 1 aromatic heterocycles. The zero-order valence-corrected chi connectivity index (χ0v) is 26.9. The van der Waals surface area contributed by atoms with Crippen LogP contribution in [0.15, 0.2) is 59.2 Å². The lowest BCUT2D eigenvalue weighted by atomic mass is 9.86. The van der Waals surface area contributed by atoms with Gasteiger partial charge >= 0.3 is 0 Å². The standard InChI is InChI=1S/C32H40FN5O5S/c1-8-28(39)38-12-11-37(18-22(38)4)19-27(23-10-9-20(2)26(33)14-23)43-24-13-21(3)29(34-16-24)30(40)36-31-32(5,6)15-25(17-35-31)44(7,41)42/h8-10,13-14,16-17,22,27H,1,11-12,15,18-19H2,2-7H3,(H,35,36,40)/t22-,27-/m1/s1. The first-order valence-corrected chi connectivity index (χ1v) is 16.3. The third-order valence-electron chi connectivity index (χ3n) is 8.01. The molecular weight excluding hydrogens is 585 g/mol. The zero-order chi connectivity index (χ0) is 32.4. The van der Waals surface area contributed by atoms with Crippen LogP contribution in [0, 0.1) is 25.1 Å². The van der Waals surface area contributed by atoms with Gasteiger partial charge in [-0.3, -0.25) is 14.5 Å². The normalized spacial score (nSPS) is 19.4. The van der Waals surface area contributed by atoms with Crippen LogP contribution in [0.25, 0.3) is 0 Å². The van der Waals surface area contributed by atoms with Crippen molar-refractivity contribution in [1.82, 2.24) is 20.1 Å². The summed E-state index contributed by atoms with van der Waals surface area (Å²) in [6.07, 6.45) is 4.86. The highest BCUT2D eigenvalue weighted by Crippen LogP contribution is 2.33. The molecule has 2 amide bonds. The fraction of sp³-hybridized carbons (Fsp3) is 0.438. The lowest BCUT2D eigenvalue weighted by molar-refractivity contribution is -0.130. The smallest absolute Gasteiger partial charge is 0.275 e. The number of aromatic nitrogens is 1. The number of nitrogens with one attached hydrogen (secondary N) is 1. The van der Waals surface area contributed by atoms with Gasteiger partial charge in [-0.1, -0.05) is 32.6 Å². The number of rotatable bonds is 8. The Labute approximate surface area is 258 Å². The van der Waals surface area contributed by atoms with Crippen molar-refractivity contribution in [2.45, 2.75) is 53.2 Å². The number of allylic oxidation sites excluding steroid dienone is 1. The Morgan fingerprint density at radius 3 is 2.55 bits per heavy atom. The monoisotopic (exact) mass is 625 g/mol. The van der Waals surface area contributed by atoms with Gasteiger partial charge in [-0.25, -0.2) is 22.8 Å². The third-order valence-corrected chi connectivity index (χ3v) is 9.21. The molecule has 1 N–H and O–H groups in total. The van der Waals surface area contributed by atoms with Crippen LogP contribution in [0.3, 0.4) is 0 Å². The number of halogens is 1. The van der Waals surface area contributed by atoms with Gasteiger partial charge in [0.1, 0.15) is 29.2 Å². The summed E-state index contributed by atoms with van der Waals surface area (Å²) >= 11 is 0. The number of benzene rings is 1. The average molecular weight is 626 g/mol. The molecule has 3 heterocycles. The van der Waals surface area contributed by atoms with E-state index in [-0.39, 0.29) is 34.8 Å². The van der Waals surface area contributed by atoms with Crippen molar-refractivity contribution in [3.05, 3.63) is 82.4 Å². The highest BCUT2D eigenvalue weighted by molar-refractivity contribution is 7.94. The molecule has 1 saturated heterocycles. The number of nitrogens with zero attached hydrogens (tertiary/aromatic N) is 4. The summed E-state index contributed by atoms with van der Waals surface area (Å²) in [5.41, 5.74) is 1.20. The van der Waals surface area contributed by atoms with E-state index in [9.17, 15) is 22.4 Å². The van der Waals surface area contributed by atoms with Gasteiger partial charge in [0, 0.05) is 50.1 Å². The van der Waals surface area contributed by atoms with Crippen LogP contribution in [0.5, 0.6) is 5.75 Å². The summed E-state index contributed by atoms with van der Waals surface area (Å²) in [6, 6.07) is 6.70. The van der Waals surface area contributed by atoms with E-state index < -0.39 is 27.3 Å². The minimum atomic E-state index is -3.39. The third kappa shape index (κ3) is 7.59. The predicted octanol–water partition coefficient (Wildman–Crippen LogP) is 4.12. The number of aryl methyl sites for hydroxylation is 2. The molecular formula is C32H40FN5O5S. The van der Waals surface area contributed by atoms with E-state index >= 15 is 0 Å². The van der Waals surface area contributed by atoms with Crippen molar-refractivity contribution in [3.8, 4) is 5.75 Å². The maximum Gasteiger partial charge on any atom is 0.275 e. The number of aliphatic imine (C=N–C) groups is 1. The molecule has 0 spiro atoms. The summed E-state index contributed by atoms with van der Waals surface area (Å²) < 4.78 is 45.0. The first-order valence-electron chi connectivity index (χ1n) is 14.4. The quantitative estimate of drug-likeness (QED) is 0.438. The molecule has 0 bridgehead atoms. The second-order valence-corrected chi connectivity index (χ2v) is 14.2. The summed E-state index contributed by atoms with van der Waals surface area (Å²) in [4.78, 5) is 38.2. The Morgan fingerprint density at radius 2 is 1.95 bits per heavy atom. The number of ether oxygens (including phenoxy) is 1. The second kappa shape index (κ2) is 13.0. The summed E-state index contributed by atoms with van der Waals surface area (Å²) in [6.45, 7) is 14.9. The first kappa shape index (κ1) is 33.0. The molecule has 2 atom stereocenters. The molecule has 1 fully saturated rings. The lowest BCUT2D eigenvalue weighted by Gasteiger charge is -2.40. The van der Waals surface area contributed by atoms with Gasteiger partial charge in [0.15, 0.2) is 9.84 Å². The number of carbonyl (C=O) groups excluding carboxylic acids is 2. The topological polar surface area (TPSA) is 121 Å². The van der Waals surface area contributed by atoms with E-state index in [1.54, 1.807) is 30.9 Å². The summed E-state index contributed by atoms with van der Waals surface area (Å²) in [5, 5.41) is 2.80. The molecule has 4 rings (SSSR count). The Balaban J connectivity index is 1.53. The highest BCUT2D eigenvalue weighted by atomic mass is 32.2. The molecule has 1 aromatic carbocycles. The number of sulfone groups is 1. The van der Waals surface area contributed by atoms with Gasteiger partial charge in [-0.2, -0.15) is 0 Å². The Bertz CT molecular complexity index is 1640. The Hall–Kier alpha value is -3.90. The van der Waals surface area contributed by atoms with E-state index in [0.717, 1.165) is 6.26 Å². The van der Waals surface area contributed by atoms with E-state index in [2.05, 4.69) is 26.8 Å².